The fourth-order valence-electron chi connectivity index (χ4n) is 6.30. The molecule has 3 atom stereocenters. The van der Waals surface area contributed by atoms with Gasteiger partial charge in [-0.1, -0.05) is 18.2 Å². The maximum absolute atomic E-state index is 14.1. The number of benzene rings is 1. The average molecular weight is 689 g/mol. The molecule has 46 heavy (non-hydrogen) atoms. The lowest BCUT2D eigenvalue weighted by atomic mass is 10.00. The molecule has 1 aliphatic heterocycles. The number of Topliss-reactive ketones (excluding diaryl/α,β-unsaturated/α-hetero) is 1. The first-order valence-electron chi connectivity index (χ1n) is 14.9. The first-order valence-corrected chi connectivity index (χ1v) is 15.7. The summed E-state index contributed by atoms with van der Waals surface area (Å²) >= 11 is 3.37. The van der Waals surface area contributed by atoms with Gasteiger partial charge in [0.2, 0.25) is 11.8 Å². The summed E-state index contributed by atoms with van der Waals surface area (Å²) in [5.74, 6) is 0.185. The molecule has 238 valence electrons. The van der Waals surface area contributed by atoms with Crippen LogP contribution in [0.1, 0.15) is 41.6 Å². The van der Waals surface area contributed by atoms with Crippen molar-refractivity contribution in [3.8, 4) is 11.1 Å². The third-order valence-electron chi connectivity index (χ3n) is 8.60. The Hall–Kier alpha value is -4.33. The lowest BCUT2D eigenvalue weighted by Gasteiger charge is -2.27. The quantitative estimate of drug-likeness (QED) is 0.0986. The van der Waals surface area contributed by atoms with Gasteiger partial charge in [-0.05, 0) is 59.5 Å². The molecule has 0 bridgehead atoms. The van der Waals surface area contributed by atoms with E-state index in [1.165, 1.54) is 6.92 Å². The number of ether oxygens (including phenoxy) is 2. The second-order valence-corrected chi connectivity index (χ2v) is 12.6. The van der Waals surface area contributed by atoms with Gasteiger partial charge in [0.15, 0.2) is 5.78 Å². The van der Waals surface area contributed by atoms with E-state index in [4.69, 9.17) is 9.47 Å². The van der Waals surface area contributed by atoms with Crippen LogP contribution < -0.4 is 5.32 Å². The molecular weight excluding hydrogens is 654 g/mol. The molecule has 0 unspecified atom stereocenters. The maximum atomic E-state index is 14.1. The van der Waals surface area contributed by atoms with Crippen LogP contribution in [0.25, 0.3) is 22.0 Å². The van der Waals surface area contributed by atoms with Crippen molar-refractivity contribution in [2.75, 3.05) is 25.6 Å². The molecule has 1 aliphatic carbocycles. The maximum Gasteiger partial charge on any atom is 0.248 e. The van der Waals surface area contributed by atoms with Crippen molar-refractivity contribution < 1.29 is 23.9 Å². The number of hydrogen-bond acceptors (Lipinski definition) is 9. The average Bonchev–Trinajstić information content (AvgIpc) is 3.44. The second-order valence-electron chi connectivity index (χ2n) is 11.8. The lowest BCUT2D eigenvalue weighted by Crippen LogP contribution is -2.47. The zero-order chi connectivity index (χ0) is 32.6. The third-order valence-corrected chi connectivity index (χ3v) is 9.05. The highest BCUT2D eigenvalue weighted by atomic mass is 79.9. The number of anilines is 1. The van der Waals surface area contributed by atoms with Gasteiger partial charge >= 0.3 is 0 Å². The molecule has 0 radical (unpaired) electrons. The fraction of sp³-hybridized carbons (Fsp3) is 0.364. The monoisotopic (exact) mass is 687 g/mol. The number of methoxy groups -OCH3 is 1. The Morgan fingerprint density at radius 2 is 1.93 bits per heavy atom. The lowest BCUT2D eigenvalue weighted by molar-refractivity contribution is -0.138. The Labute approximate surface area is 274 Å². The zero-order valence-corrected chi connectivity index (χ0v) is 27.4. The van der Waals surface area contributed by atoms with Crippen molar-refractivity contribution in [2.45, 2.75) is 51.9 Å². The number of piperidine rings is 1. The number of likely N-dealkylation sites (tertiary alicyclic amines) is 1. The van der Waals surface area contributed by atoms with Gasteiger partial charge < -0.3 is 19.7 Å². The van der Waals surface area contributed by atoms with Crippen LogP contribution in [-0.4, -0.2) is 79.6 Å². The second kappa shape index (κ2) is 12.8. The number of hydrogen-bond donors (Lipinski definition) is 1. The van der Waals surface area contributed by atoms with Crippen molar-refractivity contribution in [1.82, 2.24) is 29.6 Å². The van der Waals surface area contributed by atoms with E-state index in [2.05, 4.69) is 47.9 Å². The first-order chi connectivity index (χ1) is 22.1. The number of ketones is 1. The minimum atomic E-state index is -0.753. The summed E-state index contributed by atoms with van der Waals surface area (Å²) in [6, 6.07) is 8.27. The van der Waals surface area contributed by atoms with E-state index < -0.39 is 6.04 Å². The van der Waals surface area contributed by atoms with E-state index >= 15 is 0 Å². The molecule has 1 aromatic carbocycles. The Morgan fingerprint density at radius 1 is 1.15 bits per heavy atom. The van der Waals surface area contributed by atoms with Crippen LogP contribution in [0.15, 0.2) is 60.0 Å². The number of aromatic nitrogens is 5. The number of nitrogens with one attached hydrogen (secondary N) is 1. The van der Waals surface area contributed by atoms with Crippen LogP contribution in [0.5, 0.6) is 0 Å². The highest BCUT2D eigenvalue weighted by Crippen LogP contribution is 2.60. The molecule has 2 amide bonds. The Bertz CT molecular complexity index is 1840. The number of amides is 2. The molecule has 13 heteroatoms. The molecule has 1 saturated carbocycles. The summed E-state index contributed by atoms with van der Waals surface area (Å²) < 4.78 is 13.2. The number of aryl methyl sites for hydroxylation is 1. The smallest absolute Gasteiger partial charge is 0.248 e. The van der Waals surface area contributed by atoms with Gasteiger partial charge in [-0.15, -0.1) is 6.58 Å². The number of nitrogens with zero attached hydrogens (tertiary/aromatic N) is 6. The number of pyridine rings is 1. The summed E-state index contributed by atoms with van der Waals surface area (Å²) in [4.78, 5) is 55.3. The molecule has 4 heterocycles. The molecule has 2 fully saturated rings. The molecule has 4 aromatic rings. The van der Waals surface area contributed by atoms with Crippen LogP contribution >= 0.6 is 15.9 Å². The van der Waals surface area contributed by atoms with E-state index in [9.17, 15) is 14.4 Å². The molecule has 1 N–H and O–H groups in total. The van der Waals surface area contributed by atoms with E-state index in [1.54, 1.807) is 41.2 Å². The van der Waals surface area contributed by atoms with Crippen molar-refractivity contribution in [3.63, 3.8) is 0 Å². The van der Waals surface area contributed by atoms with Crippen LogP contribution in [0.2, 0.25) is 0 Å². The van der Waals surface area contributed by atoms with Crippen LogP contribution in [-0.2, 0) is 32.2 Å². The van der Waals surface area contributed by atoms with Crippen molar-refractivity contribution >= 4 is 50.2 Å². The Morgan fingerprint density at radius 3 is 2.65 bits per heavy atom. The van der Waals surface area contributed by atoms with Gasteiger partial charge in [-0.25, -0.2) is 15.0 Å². The van der Waals surface area contributed by atoms with Gasteiger partial charge in [0.1, 0.15) is 34.5 Å². The van der Waals surface area contributed by atoms with Gasteiger partial charge in [-0.2, -0.15) is 5.10 Å². The molecule has 6 rings (SSSR count). The van der Waals surface area contributed by atoms with Gasteiger partial charge in [-0.3, -0.25) is 19.1 Å². The van der Waals surface area contributed by atoms with Gasteiger partial charge in [0.05, 0.1) is 25.3 Å². The molecule has 2 aliphatic rings. The standard InChI is InChI=1S/C33H34BrN7O5/c1-5-10-46-18-33-12-26(32(44)38-31-22(17-45-4)7-9-28(34)37-31)41(27(33)13-33)29(43)16-40-25-8-6-21(23-14-35-20(3)36-15-23)11-24(25)30(39-40)19(2)42/h5-9,11,14-15,26-27H,1,10,12-13,16-18H2,2-4H3,(H,37,38,44)/t26-,27+,33-/m0/s1. The zero-order valence-electron chi connectivity index (χ0n) is 25.8. The summed E-state index contributed by atoms with van der Waals surface area (Å²) in [5, 5.41) is 8.13. The number of halogens is 1. The molecular formula is C33H34BrN7O5. The molecule has 3 aromatic heterocycles. The number of fused-ring (bicyclic) bond motifs is 2. The molecule has 1 saturated heterocycles. The Balaban J connectivity index is 1.30. The van der Waals surface area contributed by atoms with E-state index in [0.29, 0.717) is 52.3 Å². The minimum Gasteiger partial charge on any atom is -0.380 e. The largest absolute Gasteiger partial charge is 0.380 e. The van der Waals surface area contributed by atoms with Crippen molar-refractivity contribution in [2.24, 2.45) is 5.41 Å². The number of rotatable bonds is 12. The predicted octanol–water partition coefficient (Wildman–Crippen LogP) is 4.51. The first kappa shape index (κ1) is 31.6. The van der Waals surface area contributed by atoms with E-state index in [-0.39, 0.29) is 47.9 Å². The van der Waals surface area contributed by atoms with Crippen molar-refractivity contribution in [3.05, 3.63) is 77.1 Å². The van der Waals surface area contributed by atoms with Crippen LogP contribution in [0, 0.1) is 12.3 Å². The Kier molecular flexibility index (Phi) is 8.82. The highest BCUT2D eigenvalue weighted by molar-refractivity contribution is 9.10. The van der Waals surface area contributed by atoms with Gasteiger partial charge in [0, 0.05) is 54.4 Å². The summed E-state index contributed by atoms with van der Waals surface area (Å²) in [7, 11) is 1.57. The topological polar surface area (TPSA) is 141 Å². The van der Waals surface area contributed by atoms with Crippen molar-refractivity contribution in [1.29, 1.82) is 0 Å². The van der Waals surface area contributed by atoms with E-state index in [1.807, 2.05) is 31.2 Å². The minimum absolute atomic E-state index is 0.148. The number of carbonyl (C=O) groups is 3. The SMILES string of the molecule is C=CCOC[C@@]12C[C@@H](C(=O)Nc3nc(Br)ccc3COC)N(C(=O)Cn3nc(C(C)=O)c4cc(-c5cnc(C)nc5)ccc43)[C@@H]1C2. The third kappa shape index (κ3) is 6.09. The summed E-state index contributed by atoms with van der Waals surface area (Å²) in [5.41, 5.74) is 2.90. The molecule has 12 nitrogen and oxygen atoms in total. The van der Waals surface area contributed by atoms with Crippen LogP contribution in [0.4, 0.5) is 5.82 Å². The highest BCUT2D eigenvalue weighted by Gasteiger charge is 2.67. The summed E-state index contributed by atoms with van der Waals surface area (Å²) in [6.07, 6.45) is 6.31. The number of carbonyl (C=O) groups excluding carboxylic acids is 3. The summed E-state index contributed by atoms with van der Waals surface area (Å²) in [6.45, 7) is 7.88. The molecule has 0 spiro atoms. The van der Waals surface area contributed by atoms with Gasteiger partial charge in [0.25, 0.3) is 0 Å². The van der Waals surface area contributed by atoms with E-state index in [0.717, 1.165) is 17.5 Å². The fourth-order valence-corrected chi connectivity index (χ4v) is 6.61. The predicted molar refractivity (Wildman–Crippen MR) is 174 cm³/mol. The van der Waals surface area contributed by atoms with Crippen LogP contribution in [0.3, 0.4) is 0 Å². The normalized spacial score (nSPS) is 20.0.